The Morgan fingerprint density at radius 1 is 0.485 bits per heavy atom. The topological polar surface area (TPSA) is 270 Å². The molecule has 7 saturated carbocycles. The quantitative estimate of drug-likeness (QED) is 0.0964. The van der Waals surface area contributed by atoms with E-state index in [1.165, 1.54) is 51.6 Å². The van der Waals surface area contributed by atoms with Crippen LogP contribution in [0.2, 0.25) is 0 Å². The van der Waals surface area contributed by atoms with Gasteiger partial charge >= 0.3 is 36.5 Å². The van der Waals surface area contributed by atoms with Gasteiger partial charge in [0.1, 0.15) is 35.8 Å². The van der Waals surface area contributed by atoms with Crippen molar-refractivity contribution in [2.24, 2.45) is 98.3 Å². The van der Waals surface area contributed by atoms with Gasteiger partial charge in [-0.05, 0) is 151 Å². The molecule has 0 aromatic carbocycles. The van der Waals surface area contributed by atoms with Gasteiger partial charge in [0.05, 0.1) is 32.6 Å². The van der Waals surface area contributed by atoms with Crippen molar-refractivity contribution in [3.05, 3.63) is 0 Å². The number of carbonyl (C=O) groups is 9. The van der Waals surface area contributed by atoms with Crippen LogP contribution in [0.5, 0.6) is 0 Å². The molecule has 24 nitrogen and oxygen atoms in total. The molecule has 560 valence electrons. The minimum atomic E-state index is -4.79. The van der Waals surface area contributed by atoms with E-state index in [9.17, 15) is 56.3 Å². The van der Waals surface area contributed by atoms with Crippen molar-refractivity contribution >= 4 is 71.5 Å². The van der Waals surface area contributed by atoms with E-state index in [0.717, 1.165) is 94.3 Å². The number of hydrogen-bond acceptors (Lipinski definition) is 19. The number of ketones is 4. The Labute approximate surface area is 588 Å². The van der Waals surface area contributed by atoms with Gasteiger partial charge in [-0.1, -0.05) is 32.9 Å². The van der Waals surface area contributed by atoms with Gasteiger partial charge in [-0.2, -0.15) is 13.2 Å². The fraction of sp³-hybridized carbons (Fsp3) is 0.859. The third-order valence-corrected chi connectivity index (χ3v) is 23.9. The Morgan fingerprint density at radius 2 is 0.808 bits per heavy atom. The highest BCUT2D eigenvalue weighted by Gasteiger charge is 2.65. The standard InChI is InChI=1S/C19H31N3O3.C18H28N2O3.C13H21NO3.C10H12F3NO2.C10H15NO3.CH5NO.ClH/c1-4-16(20-24-3)17-14-10-22(11-15(14)17)13-8-19(9-13)6-7-21(12-19)18(23)25-5-2;1-3-15(21)16-13-9-20(10-14(13)16)12-7-18(8-12)5-6-19(11-18)17(22)23-4-2;1-5-10(15)11-8-6-14(7-9(8)11)12(16)17-13(2,3)4;1-2-7(15)8-5-3-14(4-6(5)8)9(16)10(11,12)13;1-2-14-9(13)11-4-3-10(7-11)5-8(12)6-10;1-3-2;/h13-15,17H,4-12H2,1-3H3;12-14,16H,3-11H2,1-2H3;8-9,11H,5-7H2,1-4H3;5-6,8H,2-4H2,1H3;2-7H2,1H3;2H2,1H3;1H/t13?,14-,15+,17?,19?;12?,13-,14+,16?,18?;8-,9+,11?;5-,6+,8?;;;. The second-order valence-corrected chi connectivity index (χ2v) is 31.4. The Kier molecular flexibility index (Phi) is 26.1. The summed E-state index contributed by atoms with van der Waals surface area (Å²) in [7, 11) is 3.05. The molecule has 14 fully saturated rings. The van der Waals surface area contributed by atoms with Gasteiger partial charge in [0.25, 0.3) is 0 Å². The number of fused-ring (bicyclic) bond motifs is 4. The van der Waals surface area contributed by atoms with E-state index in [1.807, 2.05) is 58.3 Å². The number of oxime groups is 1. The molecule has 7 heterocycles. The van der Waals surface area contributed by atoms with Crippen LogP contribution in [-0.4, -0.2) is 243 Å². The molecular formula is C71H113ClF3N9O15. The molecule has 5 amide bonds. The first-order valence-electron chi connectivity index (χ1n) is 36.4. The number of ether oxygens (including phenoxy) is 4. The first kappa shape index (κ1) is 79.3. The van der Waals surface area contributed by atoms with Crippen molar-refractivity contribution in [3.63, 3.8) is 0 Å². The van der Waals surface area contributed by atoms with Crippen molar-refractivity contribution in [2.75, 3.05) is 126 Å². The molecule has 99 heavy (non-hydrogen) atoms. The number of likely N-dealkylation sites (tertiary alicyclic amines) is 7. The van der Waals surface area contributed by atoms with Gasteiger partial charge in [0, 0.05) is 165 Å². The van der Waals surface area contributed by atoms with Gasteiger partial charge in [0.2, 0.25) is 0 Å². The summed E-state index contributed by atoms with van der Waals surface area (Å²) >= 11 is 0. The summed E-state index contributed by atoms with van der Waals surface area (Å²) in [6, 6.07) is 1.40. The molecule has 28 heteroatoms. The number of alkyl halides is 3. The van der Waals surface area contributed by atoms with E-state index in [4.69, 9.17) is 23.8 Å². The monoisotopic (exact) mass is 1420 g/mol. The van der Waals surface area contributed by atoms with E-state index in [0.29, 0.717) is 141 Å². The third kappa shape index (κ3) is 18.2. The second-order valence-electron chi connectivity index (χ2n) is 31.4. The predicted octanol–water partition coefficient (Wildman–Crippen LogP) is 9.18. The normalized spacial score (nSPS) is 34.0. The Hall–Kier alpha value is -5.38. The van der Waals surface area contributed by atoms with Gasteiger partial charge in [-0.25, -0.2) is 25.1 Å². The average molecular weight is 1430 g/mol. The lowest BCUT2D eigenvalue weighted by Crippen LogP contribution is -2.52. The highest BCUT2D eigenvalue weighted by molar-refractivity contribution is 5.90. The van der Waals surface area contributed by atoms with Crippen LogP contribution in [0.4, 0.5) is 32.3 Å². The second kappa shape index (κ2) is 32.5. The molecule has 0 aromatic rings. The molecule has 7 aliphatic heterocycles. The van der Waals surface area contributed by atoms with E-state index >= 15 is 0 Å². The molecule has 12 atom stereocenters. The summed E-state index contributed by atoms with van der Waals surface area (Å²) in [4.78, 5) is 126. The molecule has 14 rings (SSSR count). The van der Waals surface area contributed by atoms with Crippen molar-refractivity contribution in [2.45, 2.75) is 177 Å². The molecule has 7 aliphatic carbocycles. The van der Waals surface area contributed by atoms with Crippen LogP contribution >= 0.6 is 12.4 Å². The van der Waals surface area contributed by atoms with Crippen molar-refractivity contribution in [3.8, 4) is 0 Å². The maximum absolute atomic E-state index is 12.1. The summed E-state index contributed by atoms with van der Waals surface area (Å²) < 4.78 is 56.8. The minimum absolute atomic E-state index is 0. The van der Waals surface area contributed by atoms with Crippen LogP contribution < -0.4 is 5.90 Å². The molecule has 4 unspecified atom stereocenters. The highest BCUT2D eigenvalue weighted by atomic mass is 35.5. The molecule has 0 bridgehead atoms. The summed E-state index contributed by atoms with van der Waals surface area (Å²) in [5.74, 6) is 8.65. The first-order valence-corrected chi connectivity index (χ1v) is 36.4. The molecule has 14 aliphatic rings. The van der Waals surface area contributed by atoms with Crippen LogP contribution in [0.25, 0.3) is 0 Å². The van der Waals surface area contributed by atoms with Gasteiger partial charge in [-0.15, -0.1) is 12.4 Å². The summed E-state index contributed by atoms with van der Waals surface area (Å²) in [5, 5.41) is 4.24. The average Bonchev–Trinajstić information content (AvgIpc) is 1.58. The third-order valence-electron chi connectivity index (χ3n) is 23.9. The number of Topliss-reactive ketones (excluding diaryl/α,β-unsaturated/α-hetero) is 4. The zero-order chi connectivity index (χ0) is 71.6. The lowest BCUT2D eigenvalue weighted by Gasteiger charge is -2.49. The SMILES string of the molecule is CCC(=O)C1[C@H]2CN(C(=O)C(F)(F)F)C[C@@H]12.CCC(=O)C1[C@H]2CN(C(=O)OC(C)(C)C)C[C@@H]12.CCOC(=O)N1CCC2(CC(=O)C2)C1.CCOC(=O)N1CCC2(CC(N3C[C@@H]4C(C(=O)CC)[C@@H]4C3)C2)C1.CCOC(=O)N1CCC2(CC(N3C[C@@H]4C(C(CC)=NOC)[C@@H]4C3)C2)C1.CON.Cl. The van der Waals surface area contributed by atoms with Crippen LogP contribution in [-0.2, 0) is 52.6 Å². The number of piperidine rings is 4. The van der Waals surface area contributed by atoms with E-state index in [1.54, 1.807) is 30.8 Å². The van der Waals surface area contributed by atoms with E-state index < -0.39 is 17.7 Å². The van der Waals surface area contributed by atoms with Crippen LogP contribution in [0.15, 0.2) is 5.16 Å². The number of halogens is 4. The zero-order valence-corrected chi connectivity index (χ0v) is 61.4. The molecule has 2 N–H and O–H groups in total. The fourth-order valence-electron chi connectivity index (χ4n) is 18.8. The number of carbonyl (C=O) groups excluding carboxylic acids is 9. The van der Waals surface area contributed by atoms with Crippen LogP contribution in [0, 0.1) is 87.3 Å². The number of rotatable bonds is 14. The Morgan fingerprint density at radius 3 is 1.11 bits per heavy atom. The summed E-state index contributed by atoms with van der Waals surface area (Å²) in [5.41, 5.74) is 1.65. The minimum Gasteiger partial charge on any atom is -0.450 e. The van der Waals surface area contributed by atoms with E-state index in [-0.39, 0.29) is 84.7 Å². The largest absolute Gasteiger partial charge is 0.471 e. The fourth-order valence-corrected chi connectivity index (χ4v) is 18.8. The molecule has 7 saturated heterocycles. The predicted molar refractivity (Wildman–Crippen MR) is 362 cm³/mol. The van der Waals surface area contributed by atoms with Gasteiger partial charge in [0.15, 0.2) is 0 Å². The van der Waals surface area contributed by atoms with Crippen molar-refractivity contribution < 1.29 is 84.9 Å². The van der Waals surface area contributed by atoms with Crippen LogP contribution in [0.3, 0.4) is 0 Å². The lowest BCUT2D eigenvalue weighted by molar-refractivity contribution is -0.185. The number of nitrogens with two attached hydrogens (primary N) is 1. The van der Waals surface area contributed by atoms with Crippen LogP contribution in [0.1, 0.15) is 153 Å². The Bertz CT molecular complexity index is 2890. The summed E-state index contributed by atoms with van der Waals surface area (Å²) in [6.45, 7) is 31.5. The highest BCUT2D eigenvalue weighted by Crippen LogP contribution is 2.60. The Balaban J connectivity index is 0.000000158. The number of nitrogens with zero attached hydrogens (tertiary/aromatic N) is 8. The van der Waals surface area contributed by atoms with Gasteiger partial charge < -0.3 is 53.1 Å². The molecule has 0 aromatic heterocycles. The zero-order valence-electron chi connectivity index (χ0n) is 60.6. The smallest absolute Gasteiger partial charge is 0.450 e. The maximum atomic E-state index is 12.1. The van der Waals surface area contributed by atoms with E-state index in [2.05, 4.69) is 32.6 Å². The lowest BCUT2D eigenvalue weighted by atomic mass is 9.64. The molecule has 3 spiro atoms. The number of hydrogen-bond donors (Lipinski definition) is 1. The number of amides is 5. The van der Waals surface area contributed by atoms with Gasteiger partial charge in [-0.3, -0.25) is 33.8 Å². The first-order chi connectivity index (χ1) is 46.4. The van der Waals surface area contributed by atoms with Crippen molar-refractivity contribution in [1.29, 1.82) is 0 Å². The summed E-state index contributed by atoms with van der Waals surface area (Å²) in [6.07, 6.45) is 6.68. The van der Waals surface area contributed by atoms with Crippen molar-refractivity contribution in [1.82, 2.24) is 34.3 Å². The molecular weight excluding hydrogens is 1310 g/mol. The maximum Gasteiger partial charge on any atom is 0.471 e. The molecule has 0 radical (unpaired) electrons.